The molecule has 0 heterocycles. The molecule has 5 nitrogen and oxygen atoms in total. The number of rotatable bonds is 3. The van der Waals surface area contributed by atoms with Gasteiger partial charge < -0.3 is 4.74 Å². The van der Waals surface area contributed by atoms with Crippen molar-refractivity contribution in [3.05, 3.63) is 24.3 Å². The van der Waals surface area contributed by atoms with E-state index in [2.05, 4.69) is 0 Å². The van der Waals surface area contributed by atoms with Crippen LogP contribution in [0.3, 0.4) is 0 Å². The first kappa shape index (κ1) is 12.7. The monoisotopic (exact) mass is 243 g/mol. The fourth-order valence-corrected chi connectivity index (χ4v) is 1.45. The van der Waals surface area contributed by atoms with Crippen LogP contribution < -0.4 is 9.88 Å². The minimum Gasteiger partial charge on any atom is -0.426 e. The Bertz CT molecular complexity index is 476. The standard InChI is InChI=1S/C10H13NO4S/c1-7(2)10(12)15-8-3-5-9(6-4-8)16(11,13)14/h3-7H,1-2H3,(H2,11,13,14). The molecule has 2 N–H and O–H groups in total. The minimum atomic E-state index is -3.70. The number of ether oxygens (including phenoxy) is 1. The van der Waals surface area contributed by atoms with Gasteiger partial charge in [0.2, 0.25) is 10.0 Å². The van der Waals surface area contributed by atoms with E-state index >= 15 is 0 Å². The van der Waals surface area contributed by atoms with Crippen LogP contribution in [-0.2, 0) is 14.8 Å². The summed E-state index contributed by atoms with van der Waals surface area (Å²) in [5.41, 5.74) is 0. The molecule has 0 radical (unpaired) electrons. The Morgan fingerprint density at radius 2 is 1.75 bits per heavy atom. The van der Waals surface area contributed by atoms with Crippen molar-refractivity contribution < 1.29 is 17.9 Å². The van der Waals surface area contributed by atoms with Gasteiger partial charge in [-0.2, -0.15) is 0 Å². The number of hydrogen-bond acceptors (Lipinski definition) is 4. The molecular weight excluding hydrogens is 230 g/mol. The van der Waals surface area contributed by atoms with Crippen molar-refractivity contribution in [3.8, 4) is 5.75 Å². The Balaban J connectivity index is 2.84. The Morgan fingerprint density at radius 1 is 1.25 bits per heavy atom. The topological polar surface area (TPSA) is 86.5 Å². The molecule has 0 unspecified atom stereocenters. The summed E-state index contributed by atoms with van der Waals surface area (Å²) in [4.78, 5) is 11.2. The maximum atomic E-state index is 11.2. The van der Waals surface area contributed by atoms with Crippen LogP contribution in [0, 0.1) is 5.92 Å². The maximum Gasteiger partial charge on any atom is 0.313 e. The van der Waals surface area contributed by atoms with Gasteiger partial charge in [0.25, 0.3) is 0 Å². The molecule has 16 heavy (non-hydrogen) atoms. The summed E-state index contributed by atoms with van der Waals surface area (Å²) in [6, 6.07) is 5.36. The average Bonchev–Trinajstić information content (AvgIpc) is 2.17. The molecule has 88 valence electrons. The molecule has 0 spiro atoms. The number of benzene rings is 1. The van der Waals surface area contributed by atoms with E-state index in [1.807, 2.05) is 0 Å². The molecule has 0 bridgehead atoms. The first-order valence-corrected chi connectivity index (χ1v) is 6.20. The average molecular weight is 243 g/mol. The molecule has 0 aromatic heterocycles. The summed E-state index contributed by atoms with van der Waals surface area (Å²) in [6.45, 7) is 3.42. The largest absolute Gasteiger partial charge is 0.426 e. The zero-order chi connectivity index (χ0) is 12.3. The zero-order valence-corrected chi connectivity index (χ0v) is 9.82. The van der Waals surface area contributed by atoms with Crippen molar-refractivity contribution in [2.45, 2.75) is 18.7 Å². The third-order valence-electron chi connectivity index (χ3n) is 1.84. The quantitative estimate of drug-likeness (QED) is 0.631. The molecule has 1 aromatic rings. The number of hydrogen-bond donors (Lipinski definition) is 1. The summed E-state index contributed by atoms with van der Waals surface area (Å²) in [7, 11) is -3.70. The first-order valence-electron chi connectivity index (χ1n) is 4.65. The van der Waals surface area contributed by atoms with Crippen molar-refractivity contribution in [2.24, 2.45) is 11.1 Å². The first-order chi connectivity index (χ1) is 7.30. The lowest BCUT2D eigenvalue weighted by Crippen LogP contribution is -2.15. The van der Waals surface area contributed by atoms with E-state index in [0.29, 0.717) is 5.75 Å². The number of esters is 1. The summed E-state index contributed by atoms with van der Waals surface area (Å²) >= 11 is 0. The lowest BCUT2D eigenvalue weighted by atomic mass is 10.2. The van der Waals surface area contributed by atoms with E-state index < -0.39 is 10.0 Å². The third kappa shape index (κ3) is 3.32. The smallest absolute Gasteiger partial charge is 0.313 e. The summed E-state index contributed by atoms with van der Waals surface area (Å²) in [5.74, 6) is -0.313. The highest BCUT2D eigenvalue weighted by atomic mass is 32.2. The maximum absolute atomic E-state index is 11.2. The van der Waals surface area contributed by atoms with Gasteiger partial charge in [0.1, 0.15) is 5.75 Å². The van der Waals surface area contributed by atoms with Crippen LogP contribution in [-0.4, -0.2) is 14.4 Å². The second-order valence-corrected chi connectivity index (χ2v) is 5.15. The van der Waals surface area contributed by atoms with E-state index in [0.717, 1.165) is 0 Å². The van der Waals surface area contributed by atoms with Gasteiger partial charge in [-0.05, 0) is 24.3 Å². The van der Waals surface area contributed by atoms with Crippen molar-refractivity contribution in [3.63, 3.8) is 0 Å². The van der Waals surface area contributed by atoms with Gasteiger partial charge in [-0.3, -0.25) is 4.79 Å². The Morgan fingerprint density at radius 3 is 2.12 bits per heavy atom. The van der Waals surface area contributed by atoms with Crippen LogP contribution in [0.25, 0.3) is 0 Å². The van der Waals surface area contributed by atoms with E-state index in [1.165, 1.54) is 24.3 Å². The molecule has 0 aliphatic rings. The van der Waals surface area contributed by atoms with Gasteiger partial charge in [-0.25, -0.2) is 13.6 Å². The highest BCUT2D eigenvalue weighted by Gasteiger charge is 2.11. The van der Waals surface area contributed by atoms with E-state index in [-0.39, 0.29) is 16.8 Å². The van der Waals surface area contributed by atoms with Crippen LogP contribution in [0.5, 0.6) is 5.75 Å². The molecule has 0 saturated heterocycles. The Hall–Kier alpha value is -1.40. The molecule has 0 aliphatic carbocycles. The fraction of sp³-hybridized carbons (Fsp3) is 0.300. The molecule has 0 fully saturated rings. The lowest BCUT2D eigenvalue weighted by Gasteiger charge is -2.06. The molecule has 0 aliphatic heterocycles. The van der Waals surface area contributed by atoms with Gasteiger partial charge in [-0.15, -0.1) is 0 Å². The zero-order valence-electron chi connectivity index (χ0n) is 9.01. The minimum absolute atomic E-state index is 0.0168. The summed E-state index contributed by atoms with van der Waals surface area (Å²) < 4.78 is 26.9. The number of carbonyl (C=O) groups is 1. The van der Waals surface area contributed by atoms with Crippen molar-refractivity contribution in [1.82, 2.24) is 0 Å². The Kier molecular flexibility index (Phi) is 3.66. The third-order valence-corrected chi connectivity index (χ3v) is 2.77. The number of primary sulfonamides is 1. The molecule has 0 amide bonds. The molecule has 0 atom stereocenters. The lowest BCUT2D eigenvalue weighted by molar-refractivity contribution is -0.137. The summed E-state index contributed by atoms with van der Waals surface area (Å²) in [6.07, 6.45) is 0. The molecule has 0 saturated carbocycles. The van der Waals surface area contributed by atoms with Crippen LogP contribution >= 0.6 is 0 Å². The highest BCUT2D eigenvalue weighted by Crippen LogP contribution is 2.15. The van der Waals surface area contributed by atoms with Crippen molar-refractivity contribution in [2.75, 3.05) is 0 Å². The molecular formula is C10H13NO4S. The SMILES string of the molecule is CC(C)C(=O)Oc1ccc(S(N)(=O)=O)cc1. The van der Waals surface area contributed by atoms with Gasteiger partial charge >= 0.3 is 5.97 Å². The normalized spacial score (nSPS) is 11.5. The van der Waals surface area contributed by atoms with Crippen molar-refractivity contribution >= 4 is 16.0 Å². The van der Waals surface area contributed by atoms with Crippen LogP contribution in [0.2, 0.25) is 0 Å². The predicted molar refractivity (Wildman–Crippen MR) is 58.3 cm³/mol. The molecule has 6 heteroatoms. The van der Waals surface area contributed by atoms with E-state index in [9.17, 15) is 13.2 Å². The van der Waals surface area contributed by atoms with Gasteiger partial charge in [-0.1, -0.05) is 13.8 Å². The number of nitrogens with two attached hydrogens (primary N) is 1. The molecule has 1 aromatic carbocycles. The van der Waals surface area contributed by atoms with Crippen LogP contribution in [0.1, 0.15) is 13.8 Å². The van der Waals surface area contributed by atoms with E-state index in [1.54, 1.807) is 13.8 Å². The second-order valence-electron chi connectivity index (χ2n) is 3.59. The summed E-state index contributed by atoms with van der Waals surface area (Å²) in [5, 5.41) is 4.92. The van der Waals surface area contributed by atoms with Gasteiger partial charge in [0.15, 0.2) is 0 Å². The number of carbonyl (C=O) groups excluding carboxylic acids is 1. The van der Waals surface area contributed by atoms with Gasteiger partial charge in [0, 0.05) is 0 Å². The second kappa shape index (κ2) is 4.63. The predicted octanol–water partition coefficient (Wildman–Crippen LogP) is 0.895. The number of sulfonamides is 1. The Labute approximate surface area is 94.3 Å². The highest BCUT2D eigenvalue weighted by molar-refractivity contribution is 7.89. The van der Waals surface area contributed by atoms with Crippen LogP contribution in [0.15, 0.2) is 29.2 Å². The fourth-order valence-electron chi connectivity index (χ4n) is 0.931. The van der Waals surface area contributed by atoms with Crippen molar-refractivity contribution in [1.29, 1.82) is 0 Å². The van der Waals surface area contributed by atoms with Crippen LogP contribution in [0.4, 0.5) is 0 Å². The molecule has 1 rings (SSSR count). The van der Waals surface area contributed by atoms with Gasteiger partial charge in [0.05, 0.1) is 10.8 Å². The van der Waals surface area contributed by atoms with E-state index in [4.69, 9.17) is 9.88 Å².